The highest BCUT2D eigenvalue weighted by Gasteiger charge is 2.30. The molecule has 0 saturated carbocycles. The van der Waals surface area contributed by atoms with E-state index in [1.165, 1.54) is 12.1 Å². The Morgan fingerprint density at radius 1 is 0.958 bits per heavy atom. The molecule has 0 aliphatic carbocycles. The van der Waals surface area contributed by atoms with E-state index in [4.69, 9.17) is 4.74 Å². The van der Waals surface area contributed by atoms with Gasteiger partial charge in [0, 0.05) is 12.1 Å². The van der Waals surface area contributed by atoms with Gasteiger partial charge in [0.15, 0.2) is 0 Å². The van der Waals surface area contributed by atoms with E-state index in [1.54, 1.807) is 6.26 Å². The van der Waals surface area contributed by atoms with Crippen LogP contribution in [0.25, 0.3) is 5.57 Å². The summed E-state index contributed by atoms with van der Waals surface area (Å²) in [4.78, 5) is 1.99. The fourth-order valence-corrected chi connectivity index (χ4v) is 2.14. The Morgan fingerprint density at radius 3 is 2.08 bits per heavy atom. The minimum Gasteiger partial charge on any atom is -0.499 e. The predicted molar refractivity (Wildman–Crippen MR) is 89.5 cm³/mol. The van der Waals surface area contributed by atoms with Crippen LogP contribution in [0, 0.1) is 0 Å². The highest BCUT2D eigenvalue weighted by molar-refractivity contribution is 5.79. The lowest BCUT2D eigenvalue weighted by Crippen LogP contribution is -2.16. The number of halogens is 3. The van der Waals surface area contributed by atoms with E-state index in [1.807, 2.05) is 49.3 Å². The summed E-state index contributed by atoms with van der Waals surface area (Å²) in [5, 5.41) is 0. The lowest BCUT2D eigenvalue weighted by molar-refractivity contribution is -0.137. The average Bonchev–Trinajstić information content (AvgIpc) is 2.55. The maximum atomic E-state index is 12.7. The lowest BCUT2D eigenvalue weighted by atomic mass is 9.98. The molecule has 2 aromatic carbocycles. The molecular formula is C19H20F3NO. The van der Waals surface area contributed by atoms with E-state index >= 15 is 0 Å². The second-order valence-electron chi connectivity index (χ2n) is 5.65. The molecule has 0 spiro atoms. The number of nitrogens with zero attached hydrogens (tertiary/aromatic N) is 1. The summed E-state index contributed by atoms with van der Waals surface area (Å²) < 4.78 is 43.8. The Kier molecular flexibility index (Phi) is 6.04. The molecule has 0 aromatic heterocycles. The van der Waals surface area contributed by atoms with Crippen LogP contribution in [-0.2, 0) is 10.9 Å². The molecule has 0 unspecified atom stereocenters. The number of ether oxygens (including phenoxy) is 1. The summed E-state index contributed by atoms with van der Waals surface area (Å²) in [7, 11) is 3.89. The third-order valence-corrected chi connectivity index (χ3v) is 3.47. The van der Waals surface area contributed by atoms with Crippen LogP contribution in [0.2, 0.25) is 0 Å². The molecule has 0 bridgehead atoms. The van der Waals surface area contributed by atoms with Gasteiger partial charge in [-0.25, -0.2) is 0 Å². The molecule has 0 aliphatic rings. The second-order valence-corrected chi connectivity index (χ2v) is 5.65. The first-order valence-electron chi connectivity index (χ1n) is 7.57. The van der Waals surface area contributed by atoms with Gasteiger partial charge in [0.2, 0.25) is 0 Å². The Bertz CT molecular complexity index is 661. The monoisotopic (exact) mass is 335 g/mol. The Hall–Kier alpha value is -2.27. The zero-order valence-corrected chi connectivity index (χ0v) is 13.7. The van der Waals surface area contributed by atoms with Crippen molar-refractivity contribution in [2.45, 2.75) is 6.18 Å². The largest absolute Gasteiger partial charge is 0.499 e. The van der Waals surface area contributed by atoms with Gasteiger partial charge < -0.3 is 9.64 Å². The lowest BCUT2D eigenvalue weighted by Gasteiger charge is -2.13. The van der Waals surface area contributed by atoms with E-state index in [0.717, 1.165) is 29.8 Å². The topological polar surface area (TPSA) is 12.5 Å². The highest BCUT2D eigenvalue weighted by atomic mass is 19.4. The second kappa shape index (κ2) is 8.02. The number of hydrogen-bond donors (Lipinski definition) is 0. The van der Waals surface area contributed by atoms with Crippen molar-refractivity contribution < 1.29 is 17.9 Å². The Labute approximate surface area is 140 Å². The van der Waals surface area contributed by atoms with Crippen LogP contribution in [0.3, 0.4) is 0 Å². The van der Waals surface area contributed by atoms with E-state index < -0.39 is 11.7 Å². The molecular weight excluding hydrogens is 315 g/mol. The minimum atomic E-state index is -4.34. The van der Waals surface area contributed by atoms with Gasteiger partial charge in [0.1, 0.15) is 0 Å². The molecule has 0 N–H and O–H groups in total. The van der Waals surface area contributed by atoms with Gasteiger partial charge in [-0.15, -0.1) is 0 Å². The molecule has 2 aromatic rings. The van der Waals surface area contributed by atoms with Gasteiger partial charge >= 0.3 is 6.18 Å². The first-order chi connectivity index (χ1) is 11.4. The van der Waals surface area contributed by atoms with Crippen molar-refractivity contribution in [2.75, 3.05) is 27.2 Å². The summed E-state index contributed by atoms with van der Waals surface area (Å²) in [5.74, 6) is 0. The van der Waals surface area contributed by atoms with Crippen LogP contribution in [0.5, 0.6) is 0 Å². The van der Waals surface area contributed by atoms with Crippen LogP contribution < -0.4 is 0 Å². The van der Waals surface area contributed by atoms with Crippen LogP contribution in [0.15, 0.2) is 60.9 Å². The summed E-state index contributed by atoms with van der Waals surface area (Å²) >= 11 is 0. The van der Waals surface area contributed by atoms with Crippen molar-refractivity contribution in [3.63, 3.8) is 0 Å². The minimum absolute atomic E-state index is 0.504. The van der Waals surface area contributed by atoms with E-state index in [2.05, 4.69) is 0 Å². The Morgan fingerprint density at radius 2 is 1.54 bits per heavy atom. The summed E-state index contributed by atoms with van der Waals surface area (Å²) in [5.41, 5.74) is 1.66. The van der Waals surface area contributed by atoms with Crippen molar-refractivity contribution in [3.05, 3.63) is 77.5 Å². The van der Waals surface area contributed by atoms with Gasteiger partial charge in [0.25, 0.3) is 0 Å². The van der Waals surface area contributed by atoms with Crippen molar-refractivity contribution in [3.8, 4) is 0 Å². The normalized spacial score (nSPS) is 12.5. The van der Waals surface area contributed by atoms with Crippen molar-refractivity contribution in [1.29, 1.82) is 0 Å². The molecule has 0 amide bonds. The third kappa shape index (κ3) is 5.13. The Balaban J connectivity index is 2.27. The summed E-state index contributed by atoms with van der Waals surface area (Å²) in [6.07, 6.45) is -2.72. The zero-order valence-electron chi connectivity index (χ0n) is 13.7. The third-order valence-electron chi connectivity index (χ3n) is 3.47. The van der Waals surface area contributed by atoms with Crippen molar-refractivity contribution in [1.82, 2.24) is 4.90 Å². The van der Waals surface area contributed by atoms with Gasteiger partial charge in [-0.3, -0.25) is 0 Å². The summed E-state index contributed by atoms with van der Waals surface area (Å²) in [6.45, 7) is 1.26. The molecule has 128 valence electrons. The number of alkyl halides is 3. The highest BCUT2D eigenvalue weighted by Crippen LogP contribution is 2.31. The van der Waals surface area contributed by atoms with Gasteiger partial charge in [0.05, 0.1) is 18.4 Å². The van der Waals surface area contributed by atoms with Gasteiger partial charge in [-0.05, 0) is 37.4 Å². The molecule has 24 heavy (non-hydrogen) atoms. The fourth-order valence-electron chi connectivity index (χ4n) is 2.14. The SMILES string of the molecule is CN(C)CCO/C=C(\c1ccccc1)c1ccc(C(F)(F)F)cc1. The molecule has 0 radical (unpaired) electrons. The van der Waals surface area contributed by atoms with Crippen LogP contribution in [0.1, 0.15) is 16.7 Å². The number of benzene rings is 2. The first-order valence-corrected chi connectivity index (χ1v) is 7.57. The number of likely N-dealkylation sites (N-methyl/N-ethyl adjacent to an activating group) is 1. The molecule has 2 nitrogen and oxygen atoms in total. The molecule has 5 heteroatoms. The number of rotatable bonds is 6. The smallest absolute Gasteiger partial charge is 0.416 e. The van der Waals surface area contributed by atoms with Gasteiger partial charge in [-0.2, -0.15) is 13.2 Å². The first kappa shape index (κ1) is 18.1. The standard InChI is InChI=1S/C19H20F3NO/c1-23(2)12-13-24-14-18(15-6-4-3-5-7-15)16-8-10-17(11-9-16)19(20,21)22/h3-11,14H,12-13H2,1-2H3/b18-14+. The molecule has 0 atom stereocenters. The van der Waals surface area contributed by atoms with Crippen LogP contribution >= 0.6 is 0 Å². The van der Waals surface area contributed by atoms with Crippen LogP contribution in [-0.4, -0.2) is 32.1 Å². The molecule has 0 fully saturated rings. The zero-order chi connectivity index (χ0) is 17.6. The average molecular weight is 335 g/mol. The summed E-state index contributed by atoms with van der Waals surface area (Å²) in [6, 6.07) is 14.6. The fraction of sp³-hybridized carbons (Fsp3) is 0.263. The van der Waals surface area contributed by atoms with E-state index in [9.17, 15) is 13.2 Å². The number of hydrogen-bond acceptors (Lipinski definition) is 2. The molecule has 0 saturated heterocycles. The molecule has 2 rings (SSSR count). The molecule has 0 aliphatic heterocycles. The van der Waals surface area contributed by atoms with E-state index in [-0.39, 0.29) is 0 Å². The van der Waals surface area contributed by atoms with Crippen molar-refractivity contribution in [2.24, 2.45) is 0 Å². The van der Waals surface area contributed by atoms with Gasteiger partial charge in [-0.1, -0.05) is 42.5 Å². The van der Waals surface area contributed by atoms with Crippen molar-refractivity contribution >= 4 is 5.57 Å². The molecule has 0 heterocycles. The maximum absolute atomic E-state index is 12.7. The maximum Gasteiger partial charge on any atom is 0.416 e. The quantitative estimate of drug-likeness (QED) is 0.562. The van der Waals surface area contributed by atoms with Crippen LogP contribution in [0.4, 0.5) is 13.2 Å². The van der Waals surface area contributed by atoms with E-state index in [0.29, 0.717) is 12.2 Å². The predicted octanol–water partition coefficient (Wildman–Crippen LogP) is 4.67.